The second-order valence-electron chi connectivity index (χ2n) is 11.4. The molecule has 0 aliphatic carbocycles. The van der Waals surface area contributed by atoms with Crippen molar-refractivity contribution in [1.82, 2.24) is 10.2 Å². The van der Waals surface area contributed by atoms with Crippen molar-refractivity contribution in [2.45, 2.75) is 92.8 Å². The second-order valence-corrected chi connectivity index (χ2v) is 11.4. The van der Waals surface area contributed by atoms with Crippen LogP contribution in [-0.4, -0.2) is 41.0 Å². The predicted molar refractivity (Wildman–Crippen MR) is 153 cm³/mol. The van der Waals surface area contributed by atoms with Crippen LogP contribution in [0.3, 0.4) is 0 Å². The molecule has 2 aromatic rings. The first-order valence-electron chi connectivity index (χ1n) is 13.5. The first kappa shape index (κ1) is 30.9. The Hall–Kier alpha value is -3.35. The topological polar surface area (TPSA) is 87.7 Å². The molecule has 0 saturated carbocycles. The van der Waals surface area contributed by atoms with Gasteiger partial charge in [0.1, 0.15) is 17.7 Å². The van der Waals surface area contributed by atoms with Gasteiger partial charge in [-0.3, -0.25) is 9.59 Å². The monoisotopic (exact) mass is 523 g/mol. The van der Waals surface area contributed by atoms with E-state index >= 15 is 0 Å². The van der Waals surface area contributed by atoms with Crippen molar-refractivity contribution in [3.05, 3.63) is 64.7 Å². The SMILES string of the molecule is CCCN(C(=O)C(CC(C)C)NC(=O)OC(C)(C)C)C(C(=O)Nc1ccccc1C)c1ccc(C)cc1C. The Kier molecular flexibility index (Phi) is 10.9. The molecular weight excluding hydrogens is 478 g/mol. The normalized spacial score (nSPS) is 13.0. The Morgan fingerprint density at radius 1 is 0.974 bits per heavy atom. The third kappa shape index (κ3) is 8.89. The maximum atomic E-state index is 14.2. The number of amides is 3. The van der Waals surface area contributed by atoms with Crippen molar-refractivity contribution in [2.24, 2.45) is 5.92 Å². The summed E-state index contributed by atoms with van der Waals surface area (Å²) in [5, 5.41) is 5.84. The number of nitrogens with one attached hydrogen (secondary N) is 2. The van der Waals surface area contributed by atoms with Crippen LogP contribution in [0.4, 0.5) is 10.5 Å². The number of aryl methyl sites for hydroxylation is 3. The van der Waals surface area contributed by atoms with Gasteiger partial charge < -0.3 is 20.3 Å². The molecule has 0 radical (unpaired) electrons. The summed E-state index contributed by atoms with van der Waals surface area (Å²) in [5.74, 6) is -0.479. The van der Waals surface area contributed by atoms with Gasteiger partial charge in [0.05, 0.1) is 0 Å². The maximum Gasteiger partial charge on any atom is 0.408 e. The summed E-state index contributed by atoms with van der Waals surface area (Å²) in [6.45, 7) is 17.5. The van der Waals surface area contributed by atoms with Crippen molar-refractivity contribution in [2.75, 3.05) is 11.9 Å². The minimum absolute atomic E-state index is 0.128. The Labute approximate surface area is 228 Å². The number of hydrogen-bond donors (Lipinski definition) is 2. The van der Waals surface area contributed by atoms with Crippen LogP contribution >= 0.6 is 0 Å². The fourth-order valence-electron chi connectivity index (χ4n) is 4.45. The lowest BCUT2D eigenvalue weighted by atomic mass is 9.95. The van der Waals surface area contributed by atoms with E-state index in [9.17, 15) is 14.4 Å². The van der Waals surface area contributed by atoms with E-state index in [0.29, 0.717) is 25.1 Å². The van der Waals surface area contributed by atoms with E-state index < -0.39 is 23.8 Å². The quantitative estimate of drug-likeness (QED) is 0.374. The van der Waals surface area contributed by atoms with Crippen molar-refractivity contribution < 1.29 is 19.1 Å². The van der Waals surface area contributed by atoms with Crippen molar-refractivity contribution in [3.63, 3.8) is 0 Å². The molecule has 2 rings (SSSR count). The summed E-state index contributed by atoms with van der Waals surface area (Å²) in [5.41, 5.74) is 3.67. The van der Waals surface area contributed by atoms with E-state index in [1.54, 1.807) is 25.7 Å². The molecule has 7 nitrogen and oxygen atoms in total. The number of nitrogens with zero attached hydrogens (tertiary/aromatic N) is 1. The van der Waals surface area contributed by atoms with Crippen LogP contribution in [0, 0.1) is 26.7 Å². The number of rotatable bonds is 10. The predicted octanol–water partition coefficient (Wildman–Crippen LogP) is 6.47. The molecule has 7 heteroatoms. The molecule has 0 heterocycles. The van der Waals surface area contributed by atoms with Gasteiger partial charge in [0.25, 0.3) is 5.91 Å². The molecule has 0 aromatic heterocycles. The molecule has 2 atom stereocenters. The molecule has 0 aliphatic rings. The summed E-state index contributed by atoms with van der Waals surface area (Å²) >= 11 is 0. The van der Waals surface area contributed by atoms with E-state index in [-0.39, 0.29) is 17.7 Å². The van der Waals surface area contributed by atoms with Crippen LogP contribution in [0.1, 0.15) is 82.7 Å². The van der Waals surface area contributed by atoms with Crippen LogP contribution < -0.4 is 10.6 Å². The zero-order chi connectivity index (χ0) is 28.6. The van der Waals surface area contributed by atoms with E-state index in [1.807, 2.05) is 84.0 Å². The van der Waals surface area contributed by atoms with Gasteiger partial charge in [-0.2, -0.15) is 0 Å². The Balaban J connectivity index is 2.55. The van der Waals surface area contributed by atoms with Crippen LogP contribution in [0.2, 0.25) is 0 Å². The molecule has 2 N–H and O–H groups in total. The van der Waals surface area contributed by atoms with Gasteiger partial charge in [0.2, 0.25) is 5.91 Å². The fraction of sp³-hybridized carbons (Fsp3) is 0.516. The highest BCUT2D eigenvalue weighted by molar-refractivity contribution is 5.99. The molecule has 0 aliphatic heterocycles. The number of alkyl carbamates (subject to hydrolysis) is 1. The van der Waals surface area contributed by atoms with Crippen molar-refractivity contribution >= 4 is 23.6 Å². The van der Waals surface area contributed by atoms with Gasteiger partial charge in [0.15, 0.2) is 0 Å². The van der Waals surface area contributed by atoms with Crippen LogP contribution in [0.25, 0.3) is 0 Å². The molecule has 208 valence electrons. The zero-order valence-electron chi connectivity index (χ0n) is 24.5. The minimum atomic E-state index is -0.877. The lowest BCUT2D eigenvalue weighted by molar-refractivity contribution is -0.141. The van der Waals surface area contributed by atoms with Crippen LogP contribution in [0.15, 0.2) is 42.5 Å². The van der Waals surface area contributed by atoms with Crippen LogP contribution in [-0.2, 0) is 14.3 Å². The molecule has 0 spiro atoms. The Morgan fingerprint density at radius 2 is 1.63 bits per heavy atom. The lowest BCUT2D eigenvalue weighted by Gasteiger charge is -2.35. The largest absolute Gasteiger partial charge is 0.444 e. The standard InChI is InChI=1S/C31H45N3O4/c1-10-17-34(29(36)26(18-20(2)3)33-30(37)38-31(7,8)9)27(24-16-15-21(4)19-23(24)6)28(35)32-25-14-12-11-13-22(25)5/h11-16,19-20,26-27H,10,17-18H2,1-9H3,(H,32,35)(H,33,37). The molecule has 2 aromatic carbocycles. The number of para-hydroxylation sites is 1. The van der Waals surface area contributed by atoms with Gasteiger partial charge in [-0.05, 0) is 83.1 Å². The molecule has 2 unspecified atom stereocenters. The Morgan fingerprint density at radius 3 is 2.18 bits per heavy atom. The molecule has 0 saturated heterocycles. The summed E-state index contributed by atoms with van der Waals surface area (Å²) in [6, 6.07) is 11.7. The van der Waals surface area contributed by atoms with Crippen molar-refractivity contribution in [3.8, 4) is 0 Å². The first-order valence-corrected chi connectivity index (χ1v) is 13.5. The number of carbonyl (C=O) groups is 3. The van der Waals surface area contributed by atoms with E-state index in [4.69, 9.17) is 4.74 Å². The highest BCUT2D eigenvalue weighted by Gasteiger charge is 2.37. The highest BCUT2D eigenvalue weighted by Crippen LogP contribution is 2.29. The third-order valence-corrected chi connectivity index (χ3v) is 6.13. The average molecular weight is 524 g/mol. The summed E-state index contributed by atoms with van der Waals surface area (Å²) in [4.78, 5) is 42.4. The van der Waals surface area contributed by atoms with Gasteiger partial charge in [-0.15, -0.1) is 0 Å². The minimum Gasteiger partial charge on any atom is -0.444 e. The smallest absolute Gasteiger partial charge is 0.408 e. The molecule has 3 amide bonds. The first-order chi connectivity index (χ1) is 17.7. The lowest BCUT2D eigenvalue weighted by Crippen LogP contribution is -2.53. The molecule has 38 heavy (non-hydrogen) atoms. The number of ether oxygens (including phenoxy) is 1. The van der Waals surface area contributed by atoms with Crippen LogP contribution in [0.5, 0.6) is 0 Å². The summed E-state index contributed by atoms with van der Waals surface area (Å²) < 4.78 is 5.46. The Bertz CT molecular complexity index is 1120. The van der Waals surface area contributed by atoms with E-state index in [2.05, 4.69) is 10.6 Å². The molecular formula is C31H45N3O4. The van der Waals surface area contributed by atoms with Gasteiger partial charge in [-0.1, -0.05) is 62.7 Å². The number of benzene rings is 2. The highest BCUT2D eigenvalue weighted by atomic mass is 16.6. The second kappa shape index (κ2) is 13.4. The fourth-order valence-corrected chi connectivity index (χ4v) is 4.45. The van der Waals surface area contributed by atoms with Crippen molar-refractivity contribution in [1.29, 1.82) is 0 Å². The maximum absolute atomic E-state index is 14.2. The van der Waals surface area contributed by atoms with Gasteiger partial charge in [-0.25, -0.2) is 4.79 Å². The number of hydrogen-bond acceptors (Lipinski definition) is 4. The summed E-state index contributed by atoms with van der Waals surface area (Å²) in [6.07, 6.45) is 0.406. The molecule has 0 bridgehead atoms. The van der Waals surface area contributed by atoms with Gasteiger partial charge >= 0.3 is 6.09 Å². The zero-order valence-corrected chi connectivity index (χ0v) is 24.5. The third-order valence-electron chi connectivity index (χ3n) is 6.13. The number of anilines is 1. The van der Waals surface area contributed by atoms with Gasteiger partial charge in [0, 0.05) is 12.2 Å². The summed E-state index contributed by atoms with van der Waals surface area (Å²) in [7, 11) is 0. The number of carbonyl (C=O) groups excluding carboxylic acids is 3. The van der Waals surface area contributed by atoms with E-state index in [0.717, 1.165) is 22.3 Å². The average Bonchev–Trinajstić information content (AvgIpc) is 2.79. The van der Waals surface area contributed by atoms with E-state index in [1.165, 1.54) is 0 Å². The molecule has 0 fully saturated rings.